The lowest BCUT2D eigenvalue weighted by atomic mass is 10.2. The van der Waals surface area contributed by atoms with Crippen molar-refractivity contribution in [3.8, 4) is 11.8 Å². The molecule has 7 heteroatoms. The molecule has 0 amide bonds. The second-order valence-electron chi connectivity index (χ2n) is 4.12. The highest BCUT2D eigenvalue weighted by atomic mass is 32.2. The fraction of sp³-hybridized carbons (Fsp3) is 0.429. The largest absolute Gasteiger partial charge is 0.395 e. The quantitative estimate of drug-likeness (QED) is 0.584. The zero-order chi connectivity index (χ0) is 15.7. The first kappa shape index (κ1) is 17.6. The fourth-order valence-corrected chi connectivity index (χ4v) is 3.29. The Morgan fingerprint density at radius 2 is 1.62 bits per heavy atom. The Morgan fingerprint density at radius 1 is 1.00 bits per heavy atom. The SMILES string of the molecule is O=S(=O)(c1ccccc1C#CCCO)N(CCO)CCO. The van der Waals surface area contributed by atoms with Crippen molar-refractivity contribution in [3.63, 3.8) is 0 Å². The third-order valence-electron chi connectivity index (χ3n) is 2.66. The Balaban J connectivity index is 3.21. The Hall–Kier alpha value is -1.43. The zero-order valence-corrected chi connectivity index (χ0v) is 12.4. The number of hydrogen-bond acceptors (Lipinski definition) is 5. The van der Waals surface area contributed by atoms with Crippen molar-refractivity contribution in [1.82, 2.24) is 4.31 Å². The van der Waals surface area contributed by atoms with Crippen LogP contribution in [-0.4, -0.2) is 61.0 Å². The van der Waals surface area contributed by atoms with Crippen LogP contribution in [0.4, 0.5) is 0 Å². The van der Waals surface area contributed by atoms with Crippen LogP contribution in [0.3, 0.4) is 0 Å². The number of hydrogen-bond donors (Lipinski definition) is 3. The molecule has 1 aromatic rings. The standard InChI is InChI=1S/C14H19NO5S/c16-10-4-3-6-13-5-1-2-7-14(13)21(19,20)15(8-11-17)9-12-18/h1-2,5,7,16-18H,4,8-12H2. The van der Waals surface area contributed by atoms with Gasteiger partial charge in [-0.1, -0.05) is 24.0 Å². The predicted octanol–water partition coefficient (Wildman–Crippen LogP) is -0.604. The summed E-state index contributed by atoms with van der Waals surface area (Å²) in [5, 5.41) is 26.7. The van der Waals surface area contributed by atoms with Gasteiger partial charge in [0.2, 0.25) is 10.0 Å². The van der Waals surface area contributed by atoms with Gasteiger partial charge in [0, 0.05) is 25.1 Å². The average molecular weight is 313 g/mol. The van der Waals surface area contributed by atoms with E-state index in [4.69, 9.17) is 15.3 Å². The summed E-state index contributed by atoms with van der Waals surface area (Å²) in [7, 11) is -3.84. The van der Waals surface area contributed by atoms with E-state index in [1.807, 2.05) is 0 Å². The van der Waals surface area contributed by atoms with Gasteiger partial charge in [-0.05, 0) is 12.1 Å². The molecule has 0 aromatic heterocycles. The first-order chi connectivity index (χ1) is 10.1. The molecule has 0 radical (unpaired) electrons. The number of sulfonamides is 1. The van der Waals surface area contributed by atoms with Gasteiger partial charge in [0.25, 0.3) is 0 Å². The van der Waals surface area contributed by atoms with Crippen LogP contribution in [-0.2, 0) is 10.0 Å². The second kappa shape index (κ2) is 8.77. The summed E-state index contributed by atoms with van der Waals surface area (Å²) in [5.41, 5.74) is 0.326. The van der Waals surface area contributed by atoms with Crippen LogP contribution in [0.2, 0.25) is 0 Å². The predicted molar refractivity (Wildman–Crippen MR) is 78.0 cm³/mol. The van der Waals surface area contributed by atoms with E-state index in [1.54, 1.807) is 18.2 Å². The van der Waals surface area contributed by atoms with Gasteiger partial charge in [-0.25, -0.2) is 8.42 Å². The van der Waals surface area contributed by atoms with Crippen LogP contribution >= 0.6 is 0 Å². The smallest absolute Gasteiger partial charge is 0.244 e. The van der Waals surface area contributed by atoms with E-state index in [2.05, 4.69) is 11.8 Å². The lowest BCUT2D eigenvalue weighted by Crippen LogP contribution is -2.36. The molecular weight excluding hydrogens is 294 g/mol. The molecule has 0 heterocycles. The highest BCUT2D eigenvalue weighted by Crippen LogP contribution is 2.19. The molecule has 0 aliphatic heterocycles. The maximum Gasteiger partial charge on any atom is 0.244 e. The van der Waals surface area contributed by atoms with E-state index in [9.17, 15) is 8.42 Å². The van der Waals surface area contributed by atoms with Crippen molar-refractivity contribution < 1.29 is 23.7 Å². The first-order valence-electron chi connectivity index (χ1n) is 6.48. The Kier molecular flexibility index (Phi) is 7.36. The first-order valence-corrected chi connectivity index (χ1v) is 7.92. The number of aliphatic hydroxyl groups is 3. The number of benzene rings is 1. The highest BCUT2D eigenvalue weighted by Gasteiger charge is 2.25. The topological polar surface area (TPSA) is 98.1 Å². The molecule has 0 saturated heterocycles. The van der Waals surface area contributed by atoms with Crippen molar-refractivity contribution in [1.29, 1.82) is 0 Å². The maximum absolute atomic E-state index is 12.6. The lowest BCUT2D eigenvalue weighted by Gasteiger charge is -2.20. The van der Waals surface area contributed by atoms with E-state index in [-0.39, 0.29) is 44.2 Å². The van der Waals surface area contributed by atoms with Crippen LogP contribution in [0.5, 0.6) is 0 Å². The minimum absolute atomic E-state index is 0.0253. The van der Waals surface area contributed by atoms with E-state index in [1.165, 1.54) is 6.07 Å². The zero-order valence-electron chi connectivity index (χ0n) is 11.6. The normalized spacial score (nSPS) is 11.2. The van der Waals surface area contributed by atoms with Crippen molar-refractivity contribution in [2.75, 3.05) is 32.9 Å². The molecule has 3 N–H and O–H groups in total. The van der Waals surface area contributed by atoms with Crippen molar-refractivity contribution in [2.24, 2.45) is 0 Å². The van der Waals surface area contributed by atoms with Crippen LogP contribution in [0.15, 0.2) is 29.2 Å². The Morgan fingerprint density at radius 3 is 2.19 bits per heavy atom. The Bertz CT molecular complexity index is 597. The molecule has 0 bridgehead atoms. The molecule has 0 saturated carbocycles. The summed E-state index contributed by atoms with van der Waals surface area (Å²) in [4.78, 5) is 0.0253. The number of rotatable bonds is 7. The molecule has 0 unspecified atom stereocenters. The summed E-state index contributed by atoms with van der Waals surface area (Å²) in [6.45, 7) is -0.958. The Labute approximate surface area is 124 Å². The van der Waals surface area contributed by atoms with Crippen molar-refractivity contribution in [2.45, 2.75) is 11.3 Å². The molecule has 0 aliphatic rings. The monoisotopic (exact) mass is 313 g/mol. The molecule has 116 valence electrons. The van der Waals surface area contributed by atoms with Crippen LogP contribution < -0.4 is 0 Å². The molecular formula is C14H19NO5S. The number of nitrogens with zero attached hydrogens (tertiary/aromatic N) is 1. The summed E-state index contributed by atoms with van der Waals surface area (Å²) < 4.78 is 26.1. The van der Waals surface area contributed by atoms with Gasteiger partial charge in [0.1, 0.15) is 0 Å². The van der Waals surface area contributed by atoms with Gasteiger partial charge in [0.15, 0.2) is 0 Å². The lowest BCUT2D eigenvalue weighted by molar-refractivity contribution is 0.217. The van der Waals surface area contributed by atoms with Gasteiger partial charge >= 0.3 is 0 Å². The van der Waals surface area contributed by atoms with Crippen LogP contribution in [0.1, 0.15) is 12.0 Å². The van der Waals surface area contributed by atoms with Gasteiger partial charge in [-0.2, -0.15) is 4.31 Å². The molecule has 1 aromatic carbocycles. The molecule has 6 nitrogen and oxygen atoms in total. The summed E-state index contributed by atoms with van der Waals surface area (Å²) >= 11 is 0. The third-order valence-corrected chi connectivity index (χ3v) is 4.62. The maximum atomic E-state index is 12.6. The summed E-state index contributed by atoms with van der Waals surface area (Å²) in [6.07, 6.45) is 0.255. The molecule has 21 heavy (non-hydrogen) atoms. The van der Waals surface area contributed by atoms with Crippen molar-refractivity contribution >= 4 is 10.0 Å². The van der Waals surface area contributed by atoms with E-state index in [0.29, 0.717) is 5.56 Å². The van der Waals surface area contributed by atoms with Crippen LogP contribution in [0, 0.1) is 11.8 Å². The van der Waals surface area contributed by atoms with Gasteiger partial charge in [-0.3, -0.25) is 0 Å². The van der Waals surface area contributed by atoms with Gasteiger partial charge < -0.3 is 15.3 Å². The molecule has 0 spiro atoms. The second-order valence-corrected chi connectivity index (χ2v) is 6.03. The van der Waals surface area contributed by atoms with Crippen LogP contribution in [0.25, 0.3) is 0 Å². The summed E-state index contributed by atoms with van der Waals surface area (Å²) in [6, 6.07) is 6.26. The third kappa shape index (κ3) is 4.81. The fourth-order valence-electron chi connectivity index (χ4n) is 1.72. The molecule has 0 atom stereocenters. The van der Waals surface area contributed by atoms with E-state index in [0.717, 1.165) is 4.31 Å². The summed E-state index contributed by atoms with van der Waals surface area (Å²) in [5.74, 6) is 5.40. The van der Waals surface area contributed by atoms with E-state index < -0.39 is 10.0 Å². The van der Waals surface area contributed by atoms with Gasteiger partial charge in [0.05, 0.1) is 24.7 Å². The highest BCUT2D eigenvalue weighted by molar-refractivity contribution is 7.89. The minimum Gasteiger partial charge on any atom is -0.395 e. The molecule has 0 fully saturated rings. The minimum atomic E-state index is -3.84. The average Bonchev–Trinajstić information content (AvgIpc) is 2.47. The number of aliphatic hydroxyl groups excluding tert-OH is 3. The molecule has 1 rings (SSSR count). The van der Waals surface area contributed by atoms with E-state index >= 15 is 0 Å². The molecule has 0 aliphatic carbocycles. The van der Waals surface area contributed by atoms with Gasteiger partial charge in [-0.15, -0.1) is 0 Å². The van der Waals surface area contributed by atoms with Crippen molar-refractivity contribution in [3.05, 3.63) is 29.8 Å².